The number of hydrogen-bond donors (Lipinski definition) is 3. The van der Waals surface area contributed by atoms with Gasteiger partial charge in [-0.05, 0) is 24.3 Å². The molecule has 0 aliphatic heterocycles. The summed E-state index contributed by atoms with van der Waals surface area (Å²) in [4.78, 5) is 15.8. The van der Waals surface area contributed by atoms with Crippen molar-refractivity contribution in [3.8, 4) is 11.6 Å². The average molecular weight is 317 g/mol. The SMILES string of the molecule is COc1ncccc1NC(=O)NCC(O)COc1ccccc1. The number of benzene rings is 1. The maximum atomic E-state index is 11.8. The number of pyridine rings is 1. The molecule has 1 unspecified atom stereocenters. The van der Waals surface area contributed by atoms with Crippen LogP contribution in [0.1, 0.15) is 0 Å². The van der Waals surface area contributed by atoms with Crippen LogP contribution in [0.5, 0.6) is 11.6 Å². The van der Waals surface area contributed by atoms with Crippen molar-refractivity contribution in [3.05, 3.63) is 48.7 Å². The van der Waals surface area contributed by atoms with Gasteiger partial charge in [0, 0.05) is 12.7 Å². The van der Waals surface area contributed by atoms with Gasteiger partial charge >= 0.3 is 6.03 Å². The number of nitrogens with one attached hydrogen (secondary N) is 2. The highest BCUT2D eigenvalue weighted by atomic mass is 16.5. The molecule has 7 heteroatoms. The number of urea groups is 1. The van der Waals surface area contributed by atoms with Crippen LogP contribution in [0.2, 0.25) is 0 Å². The van der Waals surface area contributed by atoms with Crippen molar-refractivity contribution in [1.82, 2.24) is 10.3 Å². The van der Waals surface area contributed by atoms with Crippen LogP contribution in [0.4, 0.5) is 10.5 Å². The lowest BCUT2D eigenvalue weighted by molar-refractivity contribution is 0.108. The molecular weight excluding hydrogens is 298 g/mol. The van der Waals surface area contributed by atoms with E-state index < -0.39 is 12.1 Å². The monoisotopic (exact) mass is 317 g/mol. The van der Waals surface area contributed by atoms with Crippen LogP contribution in [-0.2, 0) is 0 Å². The lowest BCUT2D eigenvalue weighted by Gasteiger charge is -2.14. The van der Waals surface area contributed by atoms with Gasteiger partial charge in [0.1, 0.15) is 24.1 Å². The summed E-state index contributed by atoms with van der Waals surface area (Å²) in [7, 11) is 1.47. The number of aromatic nitrogens is 1. The van der Waals surface area contributed by atoms with Gasteiger partial charge in [-0.1, -0.05) is 18.2 Å². The number of carbonyl (C=O) groups excluding carboxylic acids is 1. The molecule has 3 N–H and O–H groups in total. The number of rotatable bonds is 7. The zero-order chi connectivity index (χ0) is 16.5. The van der Waals surface area contributed by atoms with Crippen molar-refractivity contribution in [2.45, 2.75) is 6.10 Å². The number of anilines is 1. The lowest BCUT2D eigenvalue weighted by Crippen LogP contribution is -2.37. The van der Waals surface area contributed by atoms with Crippen molar-refractivity contribution in [2.75, 3.05) is 25.6 Å². The first-order chi connectivity index (χ1) is 11.2. The summed E-state index contributed by atoms with van der Waals surface area (Å²) in [5.41, 5.74) is 0.447. The molecule has 0 aliphatic carbocycles. The highest BCUT2D eigenvalue weighted by Crippen LogP contribution is 2.19. The van der Waals surface area contributed by atoms with Crippen molar-refractivity contribution in [3.63, 3.8) is 0 Å². The number of nitrogens with zero attached hydrogens (tertiary/aromatic N) is 1. The molecule has 2 amide bonds. The van der Waals surface area contributed by atoms with Crippen molar-refractivity contribution < 1.29 is 19.4 Å². The van der Waals surface area contributed by atoms with E-state index in [1.165, 1.54) is 7.11 Å². The Balaban J connectivity index is 1.73. The van der Waals surface area contributed by atoms with Crippen molar-refractivity contribution >= 4 is 11.7 Å². The molecule has 7 nitrogen and oxygen atoms in total. The molecule has 23 heavy (non-hydrogen) atoms. The number of para-hydroxylation sites is 1. The molecule has 0 spiro atoms. The van der Waals surface area contributed by atoms with E-state index in [0.717, 1.165) is 0 Å². The Kier molecular flexibility index (Phi) is 6.19. The van der Waals surface area contributed by atoms with Crippen LogP contribution < -0.4 is 20.1 Å². The number of aliphatic hydroxyl groups excluding tert-OH is 1. The Labute approximate surface area is 134 Å². The van der Waals surface area contributed by atoms with Gasteiger partial charge in [-0.25, -0.2) is 9.78 Å². The van der Waals surface area contributed by atoms with E-state index in [2.05, 4.69) is 15.6 Å². The number of amides is 2. The minimum atomic E-state index is -0.822. The highest BCUT2D eigenvalue weighted by molar-refractivity contribution is 5.90. The van der Waals surface area contributed by atoms with Crippen LogP contribution in [0.3, 0.4) is 0 Å². The van der Waals surface area contributed by atoms with E-state index in [0.29, 0.717) is 17.3 Å². The smallest absolute Gasteiger partial charge is 0.319 e. The Bertz CT molecular complexity index is 622. The third-order valence-electron chi connectivity index (χ3n) is 2.90. The van der Waals surface area contributed by atoms with Crippen molar-refractivity contribution in [2.24, 2.45) is 0 Å². The number of hydrogen-bond acceptors (Lipinski definition) is 5. The molecule has 0 saturated carbocycles. The minimum absolute atomic E-state index is 0.0568. The number of ether oxygens (including phenoxy) is 2. The van der Waals surface area contributed by atoms with Gasteiger partial charge in [-0.15, -0.1) is 0 Å². The molecule has 2 rings (SSSR count). The first-order valence-corrected chi connectivity index (χ1v) is 7.09. The summed E-state index contributed by atoms with van der Waals surface area (Å²) in [6.45, 7) is 0.141. The Morgan fingerprint density at radius 3 is 2.78 bits per heavy atom. The van der Waals surface area contributed by atoms with E-state index >= 15 is 0 Å². The third-order valence-corrected chi connectivity index (χ3v) is 2.90. The molecule has 0 radical (unpaired) electrons. The second-order valence-electron chi connectivity index (χ2n) is 4.67. The fourth-order valence-corrected chi connectivity index (χ4v) is 1.79. The van der Waals surface area contributed by atoms with Gasteiger partial charge in [-0.2, -0.15) is 0 Å². The maximum Gasteiger partial charge on any atom is 0.319 e. The molecule has 122 valence electrons. The molecule has 0 aliphatic rings. The van der Waals surface area contributed by atoms with Gasteiger partial charge in [0.2, 0.25) is 5.88 Å². The van der Waals surface area contributed by atoms with Crippen molar-refractivity contribution in [1.29, 1.82) is 0 Å². The lowest BCUT2D eigenvalue weighted by atomic mass is 10.3. The zero-order valence-electron chi connectivity index (χ0n) is 12.7. The Morgan fingerprint density at radius 2 is 2.04 bits per heavy atom. The topological polar surface area (TPSA) is 92.7 Å². The minimum Gasteiger partial charge on any atom is -0.491 e. The predicted molar refractivity (Wildman–Crippen MR) is 85.8 cm³/mol. The first kappa shape index (κ1) is 16.6. The molecule has 1 heterocycles. The first-order valence-electron chi connectivity index (χ1n) is 7.09. The molecule has 0 saturated heterocycles. The van der Waals surface area contributed by atoms with Crippen LogP contribution in [-0.4, -0.2) is 42.5 Å². The van der Waals surface area contributed by atoms with Gasteiger partial charge in [0.05, 0.1) is 7.11 Å². The molecule has 1 aromatic carbocycles. The predicted octanol–water partition coefficient (Wildman–Crippen LogP) is 1.65. The summed E-state index contributed by atoms with van der Waals surface area (Å²) in [6, 6.07) is 12.0. The summed E-state index contributed by atoms with van der Waals surface area (Å²) >= 11 is 0. The van der Waals surface area contributed by atoms with E-state index in [-0.39, 0.29) is 13.2 Å². The Hall–Kier alpha value is -2.80. The summed E-state index contributed by atoms with van der Waals surface area (Å²) in [5.74, 6) is 0.978. The molecule has 1 atom stereocenters. The summed E-state index contributed by atoms with van der Waals surface area (Å²) in [6.07, 6.45) is 0.740. The standard InChI is InChI=1S/C16H19N3O4/c1-22-15-14(8-5-9-17-15)19-16(21)18-10-12(20)11-23-13-6-3-2-4-7-13/h2-9,12,20H,10-11H2,1H3,(H2,18,19,21). The molecule has 1 aromatic heterocycles. The largest absolute Gasteiger partial charge is 0.491 e. The molecule has 2 aromatic rings. The number of aliphatic hydroxyl groups is 1. The quantitative estimate of drug-likeness (QED) is 0.722. The second-order valence-corrected chi connectivity index (χ2v) is 4.67. The number of carbonyl (C=O) groups is 1. The highest BCUT2D eigenvalue weighted by Gasteiger charge is 2.10. The van der Waals surface area contributed by atoms with Gasteiger partial charge in [0.15, 0.2) is 0 Å². The van der Waals surface area contributed by atoms with Crippen LogP contribution in [0, 0.1) is 0 Å². The summed E-state index contributed by atoms with van der Waals surface area (Å²) < 4.78 is 10.4. The third kappa shape index (κ3) is 5.48. The van der Waals surface area contributed by atoms with E-state index in [1.54, 1.807) is 30.5 Å². The fourth-order valence-electron chi connectivity index (χ4n) is 1.79. The molecule has 0 bridgehead atoms. The zero-order valence-corrected chi connectivity index (χ0v) is 12.7. The fraction of sp³-hybridized carbons (Fsp3) is 0.250. The van der Waals surface area contributed by atoms with Crippen LogP contribution in [0.15, 0.2) is 48.7 Å². The number of methoxy groups -OCH3 is 1. The van der Waals surface area contributed by atoms with Crippen LogP contribution in [0.25, 0.3) is 0 Å². The van der Waals surface area contributed by atoms with E-state index in [1.807, 2.05) is 18.2 Å². The normalized spacial score (nSPS) is 11.4. The average Bonchev–Trinajstić information content (AvgIpc) is 2.59. The van der Waals surface area contributed by atoms with Crippen LogP contribution >= 0.6 is 0 Å². The van der Waals surface area contributed by atoms with E-state index in [9.17, 15) is 9.90 Å². The van der Waals surface area contributed by atoms with Gasteiger partial charge < -0.3 is 25.2 Å². The van der Waals surface area contributed by atoms with Gasteiger partial charge in [0.25, 0.3) is 0 Å². The molecule has 0 fully saturated rings. The molecular formula is C16H19N3O4. The maximum absolute atomic E-state index is 11.8. The Morgan fingerprint density at radius 1 is 1.26 bits per heavy atom. The van der Waals surface area contributed by atoms with E-state index in [4.69, 9.17) is 9.47 Å². The summed E-state index contributed by atoms with van der Waals surface area (Å²) in [5, 5.41) is 15.0. The van der Waals surface area contributed by atoms with Gasteiger partial charge in [-0.3, -0.25) is 0 Å². The second kappa shape index (κ2) is 8.60.